The van der Waals surface area contributed by atoms with Crippen molar-refractivity contribution in [2.75, 3.05) is 18.5 Å². The number of carbonyl (C=O) groups is 1. The molecule has 0 aliphatic carbocycles. The first-order chi connectivity index (χ1) is 20.0. The fraction of sp³-hybridized carbons (Fsp3) is 0.152. The Morgan fingerprint density at radius 1 is 0.756 bits per heavy atom. The zero-order valence-electron chi connectivity index (χ0n) is 23.1. The molecule has 4 aromatic carbocycles. The molecule has 41 heavy (non-hydrogen) atoms. The monoisotopic (exact) mass is 565 g/mol. The minimum absolute atomic E-state index is 0.135. The number of aromatic nitrogens is 2. The van der Waals surface area contributed by atoms with Crippen LogP contribution in [0.1, 0.15) is 29.8 Å². The van der Waals surface area contributed by atoms with Crippen LogP contribution in [0.15, 0.2) is 115 Å². The number of hydrogen-bond donors (Lipinski definition) is 1. The molecular weight excluding hydrogens is 533 g/mol. The van der Waals surface area contributed by atoms with Crippen molar-refractivity contribution >= 4 is 19.3 Å². The number of amides is 1. The van der Waals surface area contributed by atoms with E-state index in [0.717, 1.165) is 33.6 Å². The molecule has 0 radical (unpaired) electrons. The van der Waals surface area contributed by atoms with Crippen molar-refractivity contribution in [2.45, 2.75) is 20.0 Å². The van der Waals surface area contributed by atoms with E-state index < -0.39 is 7.60 Å². The fourth-order valence-electron chi connectivity index (χ4n) is 4.65. The predicted molar refractivity (Wildman–Crippen MR) is 163 cm³/mol. The van der Waals surface area contributed by atoms with Gasteiger partial charge in [-0.05, 0) is 49.2 Å². The third-order valence-corrected chi connectivity index (χ3v) is 8.53. The highest BCUT2D eigenvalue weighted by atomic mass is 31.2. The highest BCUT2D eigenvalue weighted by molar-refractivity contribution is 7.53. The normalized spacial score (nSPS) is 11.4. The summed E-state index contributed by atoms with van der Waals surface area (Å²) in [5.74, 6) is 0.274. The van der Waals surface area contributed by atoms with Crippen molar-refractivity contribution in [3.63, 3.8) is 0 Å². The molecule has 0 spiro atoms. The summed E-state index contributed by atoms with van der Waals surface area (Å²) in [4.78, 5) is 13.7. The lowest BCUT2D eigenvalue weighted by atomic mass is 10.0. The number of anilines is 1. The van der Waals surface area contributed by atoms with Gasteiger partial charge >= 0.3 is 7.60 Å². The van der Waals surface area contributed by atoms with Crippen molar-refractivity contribution in [2.24, 2.45) is 0 Å². The lowest BCUT2D eigenvalue weighted by Gasteiger charge is -2.17. The molecule has 1 heterocycles. The summed E-state index contributed by atoms with van der Waals surface area (Å²) in [7, 11) is -3.25. The van der Waals surface area contributed by atoms with Crippen LogP contribution in [0.4, 0.5) is 5.82 Å². The smallest absolute Gasteiger partial charge is 0.309 e. The molecule has 0 unspecified atom stereocenters. The molecule has 0 atom stereocenters. The number of benzene rings is 4. The Hall–Kier alpha value is -4.29. The van der Waals surface area contributed by atoms with Crippen LogP contribution in [0.3, 0.4) is 0 Å². The van der Waals surface area contributed by atoms with Crippen LogP contribution < -0.4 is 5.32 Å². The van der Waals surface area contributed by atoms with E-state index in [1.54, 1.807) is 42.8 Å². The Balaban J connectivity index is 1.54. The largest absolute Gasteiger partial charge is 0.335 e. The number of nitrogens with one attached hydrogen (secondary N) is 1. The average Bonchev–Trinajstić information content (AvgIpc) is 3.38. The van der Waals surface area contributed by atoms with Crippen LogP contribution in [0.2, 0.25) is 0 Å². The summed E-state index contributed by atoms with van der Waals surface area (Å²) in [6, 6.07) is 36.6. The van der Waals surface area contributed by atoms with Crippen molar-refractivity contribution in [3.05, 3.63) is 126 Å². The highest BCUT2D eigenvalue weighted by Crippen LogP contribution is 2.51. The Morgan fingerprint density at radius 2 is 1.29 bits per heavy atom. The second-order valence-electron chi connectivity index (χ2n) is 9.31. The quantitative estimate of drug-likeness (QED) is 0.163. The van der Waals surface area contributed by atoms with Gasteiger partial charge < -0.3 is 14.4 Å². The third kappa shape index (κ3) is 6.55. The molecule has 0 bridgehead atoms. The van der Waals surface area contributed by atoms with Gasteiger partial charge in [0, 0.05) is 11.1 Å². The van der Waals surface area contributed by atoms with Gasteiger partial charge in [-0.25, -0.2) is 4.68 Å². The summed E-state index contributed by atoms with van der Waals surface area (Å²) < 4.78 is 25.6. The van der Waals surface area contributed by atoms with E-state index in [1.807, 2.05) is 91.0 Å². The molecule has 0 saturated heterocycles. The molecule has 0 aliphatic rings. The summed E-state index contributed by atoms with van der Waals surface area (Å²) >= 11 is 0. The van der Waals surface area contributed by atoms with Gasteiger partial charge in [0.2, 0.25) is 0 Å². The molecule has 1 N–H and O–H groups in total. The van der Waals surface area contributed by atoms with Crippen LogP contribution in [0, 0.1) is 0 Å². The average molecular weight is 566 g/mol. The molecule has 8 heteroatoms. The van der Waals surface area contributed by atoms with Crippen LogP contribution >= 0.6 is 7.60 Å². The Morgan fingerprint density at radius 3 is 1.85 bits per heavy atom. The van der Waals surface area contributed by atoms with E-state index in [9.17, 15) is 9.36 Å². The second kappa shape index (κ2) is 12.9. The van der Waals surface area contributed by atoms with Gasteiger partial charge in [0.1, 0.15) is 11.5 Å². The third-order valence-electron chi connectivity index (χ3n) is 6.47. The van der Waals surface area contributed by atoms with Crippen molar-refractivity contribution in [1.29, 1.82) is 0 Å². The van der Waals surface area contributed by atoms with E-state index >= 15 is 0 Å². The molecule has 0 aliphatic heterocycles. The van der Waals surface area contributed by atoms with E-state index in [2.05, 4.69) is 5.32 Å². The number of carbonyl (C=O) groups excluding carboxylic acids is 1. The summed E-state index contributed by atoms with van der Waals surface area (Å²) in [6.07, 6.45) is 0.135. The van der Waals surface area contributed by atoms with Crippen molar-refractivity contribution in [1.82, 2.24) is 9.78 Å². The number of rotatable bonds is 11. The summed E-state index contributed by atoms with van der Waals surface area (Å²) in [5, 5.41) is 8.15. The molecule has 208 valence electrons. The zero-order valence-corrected chi connectivity index (χ0v) is 24.0. The maximum Gasteiger partial charge on any atom is 0.335 e. The van der Waals surface area contributed by atoms with Crippen LogP contribution in [-0.4, -0.2) is 28.9 Å². The molecule has 5 rings (SSSR count). The van der Waals surface area contributed by atoms with E-state index in [-0.39, 0.29) is 12.1 Å². The van der Waals surface area contributed by atoms with Crippen LogP contribution in [-0.2, 0) is 19.8 Å². The van der Waals surface area contributed by atoms with Gasteiger partial charge in [0.15, 0.2) is 0 Å². The van der Waals surface area contributed by atoms with Gasteiger partial charge in [-0.3, -0.25) is 9.36 Å². The lowest BCUT2D eigenvalue weighted by Crippen LogP contribution is -2.16. The fourth-order valence-corrected chi connectivity index (χ4v) is 6.35. The first-order valence-electron chi connectivity index (χ1n) is 13.6. The Labute approximate surface area is 240 Å². The first-order valence-corrected chi connectivity index (χ1v) is 15.3. The van der Waals surface area contributed by atoms with Crippen molar-refractivity contribution < 1.29 is 18.4 Å². The number of para-hydroxylation sites is 1. The number of nitrogens with zero attached hydrogens (tertiary/aromatic N) is 2. The lowest BCUT2D eigenvalue weighted by molar-refractivity contribution is 0.102. The Bertz CT molecular complexity index is 1630. The van der Waals surface area contributed by atoms with Gasteiger partial charge in [0.05, 0.1) is 30.6 Å². The highest BCUT2D eigenvalue weighted by Gasteiger charge is 2.25. The van der Waals surface area contributed by atoms with E-state index in [4.69, 9.17) is 14.1 Å². The predicted octanol–water partition coefficient (Wildman–Crippen LogP) is 8.22. The van der Waals surface area contributed by atoms with Gasteiger partial charge in [0.25, 0.3) is 5.91 Å². The summed E-state index contributed by atoms with van der Waals surface area (Å²) in [5.41, 5.74) is 5.49. The first kappa shape index (κ1) is 28.2. The van der Waals surface area contributed by atoms with Gasteiger partial charge in [-0.15, -0.1) is 0 Å². The number of hydrogen-bond acceptors (Lipinski definition) is 5. The standard InChI is InChI=1S/C33H32N3O4P/c1-3-39-41(38,40-4-2)24-25-20-22-28(23-21-25)33(37)34-32-30(26-14-8-5-9-15-26)31(27-16-10-6-11-17-27)35-36(32)29-18-12-7-13-19-29/h5-23H,3-4,24H2,1-2H3,(H,34,37). The Kier molecular flexibility index (Phi) is 8.90. The van der Waals surface area contributed by atoms with E-state index in [1.165, 1.54) is 0 Å². The molecule has 0 saturated carbocycles. The minimum atomic E-state index is -3.25. The van der Waals surface area contributed by atoms with Crippen LogP contribution in [0.5, 0.6) is 0 Å². The minimum Gasteiger partial charge on any atom is -0.309 e. The molecule has 7 nitrogen and oxygen atoms in total. The SMILES string of the molecule is CCOP(=O)(Cc1ccc(C(=O)Nc2c(-c3ccccc3)c(-c3ccccc3)nn2-c2ccccc2)cc1)OCC. The molecule has 1 aromatic heterocycles. The van der Waals surface area contributed by atoms with Crippen molar-refractivity contribution in [3.8, 4) is 28.1 Å². The summed E-state index contributed by atoms with van der Waals surface area (Å²) in [6.45, 7) is 4.15. The molecule has 5 aromatic rings. The maximum absolute atomic E-state index is 13.7. The molecular formula is C33H32N3O4P. The molecule has 0 fully saturated rings. The second-order valence-corrected chi connectivity index (χ2v) is 11.4. The van der Waals surface area contributed by atoms with Crippen LogP contribution in [0.25, 0.3) is 28.1 Å². The van der Waals surface area contributed by atoms with Gasteiger partial charge in [-0.1, -0.05) is 91.0 Å². The van der Waals surface area contributed by atoms with E-state index in [0.29, 0.717) is 24.6 Å². The maximum atomic E-state index is 13.7. The van der Waals surface area contributed by atoms with Gasteiger partial charge in [-0.2, -0.15) is 5.10 Å². The topological polar surface area (TPSA) is 82.5 Å². The zero-order chi connectivity index (χ0) is 28.7. The molecule has 1 amide bonds.